The van der Waals surface area contributed by atoms with E-state index in [2.05, 4.69) is 5.32 Å². The highest BCUT2D eigenvalue weighted by Crippen LogP contribution is 2.33. The van der Waals surface area contributed by atoms with Gasteiger partial charge >= 0.3 is 0 Å². The Morgan fingerprint density at radius 1 is 1.50 bits per heavy atom. The zero-order chi connectivity index (χ0) is 14.4. The molecule has 0 bridgehead atoms. The molecule has 0 radical (unpaired) electrons. The minimum absolute atomic E-state index is 0.0677. The van der Waals surface area contributed by atoms with Crippen LogP contribution in [0.4, 0.5) is 0 Å². The number of rotatable bonds is 8. The molecule has 4 heteroatoms. The molecule has 0 saturated heterocycles. The van der Waals surface area contributed by atoms with Crippen LogP contribution in [0, 0.1) is 5.92 Å². The van der Waals surface area contributed by atoms with Gasteiger partial charge in [0.1, 0.15) is 5.75 Å². The fourth-order valence-electron chi connectivity index (χ4n) is 2.43. The normalized spacial score (nSPS) is 15.7. The Hall–Kier alpha value is -1.55. The number of carbonyl (C=O) groups excluding carboxylic acids is 1. The summed E-state index contributed by atoms with van der Waals surface area (Å²) in [6, 6.07) is 7.94. The van der Waals surface area contributed by atoms with Crippen molar-refractivity contribution < 1.29 is 14.6 Å². The van der Waals surface area contributed by atoms with Gasteiger partial charge in [0.2, 0.25) is 5.91 Å². The minimum atomic E-state index is 0.0677. The Labute approximate surface area is 120 Å². The fraction of sp³-hybridized carbons (Fsp3) is 0.562. The first kappa shape index (κ1) is 14.9. The predicted octanol–water partition coefficient (Wildman–Crippen LogP) is 1.90. The quantitative estimate of drug-likeness (QED) is 0.763. The van der Waals surface area contributed by atoms with E-state index in [1.807, 2.05) is 24.3 Å². The lowest BCUT2D eigenvalue weighted by molar-refractivity contribution is -0.122. The Morgan fingerprint density at radius 2 is 2.30 bits per heavy atom. The van der Waals surface area contributed by atoms with Gasteiger partial charge in [-0.15, -0.1) is 0 Å². The Morgan fingerprint density at radius 3 is 2.95 bits per heavy atom. The van der Waals surface area contributed by atoms with E-state index in [9.17, 15) is 4.79 Å². The molecule has 110 valence electrons. The van der Waals surface area contributed by atoms with E-state index in [1.165, 1.54) is 12.8 Å². The summed E-state index contributed by atoms with van der Waals surface area (Å²) >= 11 is 0. The van der Waals surface area contributed by atoms with Crippen LogP contribution >= 0.6 is 0 Å². The van der Waals surface area contributed by atoms with E-state index in [4.69, 9.17) is 9.84 Å². The van der Waals surface area contributed by atoms with Crippen molar-refractivity contribution in [3.63, 3.8) is 0 Å². The first-order chi connectivity index (χ1) is 9.72. The summed E-state index contributed by atoms with van der Waals surface area (Å²) in [4.78, 5) is 12.0. The molecule has 1 aliphatic rings. The molecule has 0 heterocycles. The zero-order valence-corrected chi connectivity index (χ0v) is 12.0. The van der Waals surface area contributed by atoms with Gasteiger partial charge in [-0.05, 0) is 49.3 Å². The number of methoxy groups -OCH3 is 1. The molecule has 1 fully saturated rings. The minimum Gasteiger partial charge on any atom is -0.497 e. The Kier molecular flexibility index (Phi) is 5.41. The number of carbonyl (C=O) groups is 1. The van der Waals surface area contributed by atoms with Crippen LogP contribution in [0.15, 0.2) is 24.3 Å². The molecule has 0 spiro atoms. The number of aryl methyl sites for hydroxylation is 1. The van der Waals surface area contributed by atoms with Gasteiger partial charge in [-0.2, -0.15) is 0 Å². The topological polar surface area (TPSA) is 58.6 Å². The molecule has 1 amide bonds. The average molecular weight is 277 g/mol. The van der Waals surface area contributed by atoms with Crippen molar-refractivity contribution >= 4 is 5.91 Å². The van der Waals surface area contributed by atoms with Gasteiger partial charge in [0, 0.05) is 19.1 Å². The summed E-state index contributed by atoms with van der Waals surface area (Å²) < 4.78 is 5.17. The maximum absolute atomic E-state index is 12.0. The van der Waals surface area contributed by atoms with Crippen molar-refractivity contribution in [2.24, 2.45) is 5.92 Å². The summed E-state index contributed by atoms with van der Waals surface area (Å²) in [7, 11) is 1.64. The number of benzene rings is 1. The number of aliphatic hydroxyl groups is 1. The second-order valence-corrected chi connectivity index (χ2v) is 5.38. The van der Waals surface area contributed by atoms with Gasteiger partial charge in [-0.1, -0.05) is 12.1 Å². The van der Waals surface area contributed by atoms with E-state index in [0.717, 1.165) is 11.3 Å². The Bertz CT molecular complexity index is 443. The number of aliphatic hydroxyl groups excluding tert-OH is 1. The average Bonchev–Trinajstić information content (AvgIpc) is 3.29. The molecular formula is C16H23NO3. The summed E-state index contributed by atoms with van der Waals surface area (Å²) in [6.45, 7) is 0.136. The van der Waals surface area contributed by atoms with Crippen LogP contribution in [0.2, 0.25) is 0 Å². The molecule has 4 nitrogen and oxygen atoms in total. The van der Waals surface area contributed by atoms with Gasteiger partial charge in [0.05, 0.1) is 7.11 Å². The lowest BCUT2D eigenvalue weighted by Crippen LogP contribution is -2.37. The van der Waals surface area contributed by atoms with E-state index in [-0.39, 0.29) is 18.6 Å². The highest BCUT2D eigenvalue weighted by molar-refractivity contribution is 5.76. The number of hydrogen-bond donors (Lipinski definition) is 2. The maximum atomic E-state index is 12.0. The van der Waals surface area contributed by atoms with Gasteiger partial charge in [-0.3, -0.25) is 4.79 Å². The van der Waals surface area contributed by atoms with Crippen LogP contribution in [0.1, 0.15) is 31.2 Å². The molecule has 0 aliphatic heterocycles. The number of nitrogens with one attached hydrogen (secondary N) is 1. The van der Waals surface area contributed by atoms with Gasteiger partial charge < -0.3 is 15.2 Å². The van der Waals surface area contributed by atoms with E-state index in [0.29, 0.717) is 25.2 Å². The van der Waals surface area contributed by atoms with E-state index >= 15 is 0 Å². The van der Waals surface area contributed by atoms with Gasteiger partial charge in [0.25, 0.3) is 0 Å². The molecular weight excluding hydrogens is 254 g/mol. The molecule has 2 N–H and O–H groups in total. The molecule has 0 aromatic heterocycles. The third-order valence-corrected chi connectivity index (χ3v) is 3.75. The molecule has 1 aliphatic carbocycles. The number of ether oxygens (including phenoxy) is 1. The monoisotopic (exact) mass is 277 g/mol. The standard InChI is InChI=1S/C16H23NO3/c1-20-14-4-2-3-12(11-14)5-8-16(19)17-15(9-10-18)13-6-7-13/h2-4,11,13,15,18H,5-10H2,1H3,(H,17,19). The molecule has 1 atom stereocenters. The molecule has 2 rings (SSSR count). The van der Waals surface area contributed by atoms with Crippen molar-refractivity contribution in [2.75, 3.05) is 13.7 Å². The third kappa shape index (κ3) is 4.53. The summed E-state index contributed by atoms with van der Waals surface area (Å²) in [5, 5.41) is 12.1. The van der Waals surface area contributed by atoms with Crippen molar-refractivity contribution in [1.29, 1.82) is 0 Å². The Balaban J connectivity index is 1.78. The number of amides is 1. The van der Waals surface area contributed by atoms with Crippen molar-refractivity contribution in [1.82, 2.24) is 5.32 Å². The second-order valence-electron chi connectivity index (χ2n) is 5.38. The highest BCUT2D eigenvalue weighted by atomic mass is 16.5. The fourth-order valence-corrected chi connectivity index (χ4v) is 2.43. The van der Waals surface area contributed by atoms with Crippen molar-refractivity contribution in [2.45, 2.75) is 38.1 Å². The summed E-state index contributed by atoms with van der Waals surface area (Å²) in [6.07, 6.45) is 4.18. The van der Waals surface area contributed by atoms with Crippen LogP contribution in [0.5, 0.6) is 5.75 Å². The lowest BCUT2D eigenvalue weighted by Gasteiger charge is -2.17. The van der Waals surface area contributed by atoms with Crippen LogP contribution in [0.3, 0.4) is 0 Å². The van der Waals surface area contributed by atoms with E-state index in [1.54, 1.807) is 7.11 Å². The van der Waals surface area contributed by atoms with E-state index < -0.39 is 0 Å². The highest BCUT2D eigenvalue weighted by Gasteiger charge is 2.31. The summed E-state index contributed by atoms with van der Waals surface area (Å²) in [5.74, 6) is 1.46. The van der Waals surface area contributed by atoms with Crippen LogP contribution in [-0.4, -0.2) is 30.8 Å². The molecule has 1 unspecified atom stereocenters. The molecule has 20 heavy (non-hydrogen) atoms. The predicted molar refractivity (Wildman–Crippen MR) is 77.7 cm³/mol. The molecule has 1 aromatic rings. The first-order valence-electron chi connectivity index (χ1n) is 7.26. The smallest absolute Gasteiger partial charge is 0.220 e. The van der Waals surface area contributed by atoms with Crippen LogP contribution in [-0.2, 0) is 11.2 Å². The van der Waals surface area contributed by atoms with Crippen molar-refractivity contribution in [3.8, 4) is 5.75 Å². The van der Waals surface area contributed by atoms with Crippen LogP contribution in [0.25, 0.3) is 0 Å². The zero-order valence-electron chi connectivity index (χ0n) is 12.0. The second kappa shape index (κ2) is 7.29. The maximum Gasteiger partial charge on any atom is 0.220 e. The number of hydrogen-bond acceptors (Lipinski definition) is 3. The summed E-state index contributed by atoms with van der Waals surface area (Å²) in [5.41, 5.74) is 1.10. The lowest BCUT2D eigenvalue weighted by atomic mass is 10.1. The van der Waals surface area contributed by atoms with Crippen molar-refractivity contribution in [3.05, 3.63) is 29.8 Å². The molecule has 1 aromatic carbocycles. The first-order valence-corrected chi connectivity index (χ1v) is 7.26. The SMILES string of the molecule is COc1cccc(CCC(=O)NC(CCO)C2CC2)c1. The largest absolute Gasteiger partial charge is 0.497 e. The van der Waals surface area contributed by atoms with Gasteiger partial charge in [-0.25, -0.2) is 0 Å². The molecule has 1 saturated carbocycles. The third-order valence-electron chi connectivity index (χ3n) is 3.75. The van der Waals surface area contributed by atoms with Gasteiger partial charge in [0.15, 0.2) is 0 Å². The van der Waals surface area contributed by atoms with Crippen LogP contribution < -0.4 is 10.1 Å².